The first-order valence-electron chi connectivity index (χ1n) is 6.90. The maximum atomic E-state index is 12.2. The number of carbonyl (C=O) groups excluding carboxylic acids is 1. The zero-order valence-electron chi connectivity index (χ0n) is 11.9. The highest BCUT2D eigenvalue weighted by atomic mass is 79.9. The highest BCUT2D eigenvalue weighted by Crippen LogP contribution is 2.17. The van der Waals surface area contributed by atoms with Crippen molar-refractivity contribution in [3.05, 3.63) is 22.8 Å². The summed E-state index contributed by atoms with van der Waals surface area (Å²) in [6.07, 6.45) is 1.79. The number of amides is 1. The standard InChI is InChI=1S/C14H21BrN4O/c1-10(2)13(16)14(20)19-7-5-18(6-8-19)12-4-3-11(15)9-17-12/h3-4,9-10,13H,5-8,16H2,1-2H3. The van der Waals surface area contributed by atoms with Crippen LogP contribution in [-0.4, -0.2) is 48.0 Å². The second kappa shape index (κ2) is 6.54. The summed E-state index contributed by atoms with van der Waals surface area (Å²) in [7, 11) is 0. The van der Waals surface area contributed by atoms with Gasteiger partial charge in [0.05, 0.1) is 6.04 Å². The van der Waals surface area contributed by atoms with E-state index in [1.807, 2.05) is 30.9 Å². The maximum absolute atomic E-state index is 12.2. The fourth-order valence-corrected chi connectivity index (χ4v) is 2.44. The lowest BCUT2D eigenvalue weighted by Gasteiger charge is -2.37. The number of nitrogens with two attached hydrogens (primary N) is 1. The molecule has 1 aliphatic heterocycles. The molecule has 1 aromatic rings. The molecule has 6 heteroatoms. The van der Waals surface area contributed by atoms with E-state index in [0.29, 0.717) is 13.1 Å². The highest BCUT2D eigenvalue weighted by molar-refractivity contribution is 9.10. The third-order valence-electron chi connectivity index (χ3n) is 3.63. The van der Waals surface area contributed by atoms with E-state index in [-0.39, 0.29) is 11.8 Å². The molecule has 20 heavy (non-hydrogen) atoms. The van der Waals surface area contributed by atoms with Gasteiger partial charge in [0.15, 0.2) is 0 Å². The Hall–Kier alpha value is -1.14. The topological polar surface area (TPSA) is 62.5 Å². The van der Waals surface area contributed by atoms with Gasteiger partial charge in [-0.3, -0.25) is 4.79 Å². The largest absolute Gasteiger partial charge is 0.353 e. The van der Waals surface area contributed by atoms with Gasteiger partial charge in [0.2, 0.25) is 5.91 Å². The first kappa shape index (κ1) is 15.3. The van der Waals surface area contributed by atoms with Gasteiger partial charge in [-0.2, -0.15) is 0 Å². The number of anilines is 1. The van der Waals surface area contributed by atoms with Crippen molar-refractivity contribution in [1.82, 2.24) is 9.88 Å². The average molecular weight is 341 g/mol. The number of hydrogen-bond acceptors (Lipinski definition) is 4. The Morgan fingerprint density at radius 3 is 2.45 bits per heavy atom. The van der Waals surface area contributed by atoms with Crippen LogP contribution in [0.2, 0.25) is 0 Å². The Morgan fingerprint density at radius 1 is 1.30 bits per heavy atom. The van der Waals surface area contributed by atoms with Crippen LogP contribution in [0, 0.1) is 5.92 Å². The van der Waals surface area contributed by atoms with Crippen molar-refractivity contribution >= 4 is 27.7 Å². The lowest BCUT2D eigenvalue weighted by molar-refractivity contribution is -0.133. The molecule has 110 valence electrons. The molecule has 5 nitrogen and oxygen atoms in total. The molecular weight excluding hydrogens is 320 g/mol. The highest BCUT2D eigenvalue weighted by Gasteiger charge is 2.27. The molecular formula is C14H21BrN4O. The Labute approximate surface area is 128 Å². The molecule has 1 amide bonds. The van der Waals surface area contributed by atoms with Crippen LogP contribution in [0.3, 0.4) is 0 Å². The summed E-state index contributed by atoms with van der Waals surface area (Å²) in [4.78, 5) is 20.6. The van der Waals surface area contributed by atoms with E-state index in [1.165, 1.54) is 0 Å². The normalized spacial score (nSPS) is 17.4. The minimum Gasteiger partial charge on any atom is -0.353 e. The maximum Gasteiger partial charge on any atom is 0.239 e. The summed E-state index contributed by atoms with van der Waals surface area (Å²) in [6.45, 7) is 6.96. The molecule has 0 aliphatic carbocycles. The number of nitrogens with zero attached hydrogens (tertiary/aromatic N) is 3. The lowest BCUT2D eigenvalue weighted by Crippen LogP contribution is -2.54. The van der Waals surface area contributed by atoms with Crippen molar-refractivity contribution < 1.29 is 4.79 Å². The number of pyridine rings is 1. The molecule has 1 unspecified atom stereocenters. The first-order valence-corrected chi connectivity index (χ1v) is 7.69. The lowest BCUT2D eigenvalue weighted by atomic mass is 10.0. The predicted octanol–water partition coefficient (Wildman–Crippen LogP) is 1.48. The van der Waals surface area contributed by atoms with E-state index in [9.17, 15) is 4.79 Å². The van der Waals surface area contributed by atoms with E-state index < -0.39 is 6.04 Å². The fraction of sp³-hybridized carbons (Fsp3) is 0.571. The van der Waals surface area contributed by atoms with Crippen molar-refractivity contribution in [3.63, 3.8) is 0 Å². The molecule has 1 atom stereocenters. The summed E-state index contributed by atoms with van der Waals surface area (Å²) in [5, 5.41) is 0. The van der Waals surface area contributed by atoms with E-state index in [4.69, 9.17) is 5.73 Å². The summed E-state index contributed by atoms with van der Waals surface area (Å²) in [5.74, 6) is 1.19. The summed E-state index contributed by atoms with van der Waals surface area (Å²) in [5.41, 5.74) is 5.93. The van der Waals surface area contributed by atoms with Gasteiger partial charge in [-0.25, -0.2) is 4.98 Å². The molecule has 0 aromatic carbocycles. The summed E-state index contributed by atoms with van der Waals surface area (Å²) >= 11 is 3.38. The van der Waals surface area contributed by atoms with Crippen LogP contribution < -0.4 is 10.6 Å². The Morgan fingerprint density at radius 2 is 1.95 bits per heavy atom. The zero-order chi connectivity index (χ0) is 14.7. The van der Waals surface area contributed by atoms with Gasteiger partial charge in [-0.15, -0.1) is 0 Å². The fourth-order valence-electron chi connectivity index (χ4n) is 2.21. The molecule has 1 saturated heterocycles. The van der Waals surface area contributed by atoms with Gasteiger partial charge in [-0.05, 0) is 34.0 Å². The number of piperazine rings is 1. The van der Waals surface area contributed by atoms with E-state index in [1.54, 1.807) is 6.20 Å². The third-order valence-corrected chi connectivity index (χ3v) is 4.10. The number of carbonyl (C=O) groups is 1. The van der Waals surface area contributed by atoms with Crippen molar-refractivity contribution in [2.75, 3.05) is 31.1 Å². The first-order chi connectivity index (χ1) is 9.49. The number of hydrogen-bond donors (Lipinski definition) is 1. The van der Waals surface area contributed by atoms with E-state index in [0.717, 1.165) is 23.4 Å². The van der Waals surface area contributed by atoms with Crippen LogP contribution in [0.25, 0.3) is 0 Å². The average Bonchev–Trinajstić information content (AvgIpc) is 2.46. The molecule has 1 aromatic heterocycles. The molecule has 2 N–H and O–H groups in total. The number of aromatic nitrogens is 1. The monoisotopic (exact) mass is 340 g/mol. The van der Waals surface area contributed by atoms with Gasteiger partial charge in [0.25, 0.3) is 0 Å². The molecule has 1 aliphatic rings. The van der Waals surface area contributed by atoms with Crippen molar-refractivity contribution in [2.24, 2.45) is 11.7 Å². The minimum atomic E-state index is -0.396. The van der Waals surface area contributed by atoms with Gasteiger partial charge >= 0.3 is 0 Å². The Balaban J connectivity index is 1.92. The minimum absolute atomic E-state index is 0.0587. The predicted molar refractivity (Wildman–Crippen MR) is 83.5 cm³/mol. The van der Waals surface area contributed by atoms with E-state index >= 15 is 0 Å². The van der Waals surface area contributed by atoms with Crippen molar-refractivity contribution in [2.45, 2.75) is 19.9 Å². The Kier molecular flexibility index (Phi) is 4.99. The smallest absolute Gasteiger partial charge is 0.239 e. The molecule has 0 radical (unpaired) electrons. The molecule has 2 heterocycles. The summed E-state index contributed by atoms with van der Waals surface area (Å²) in [6, 6.07) is 3.57. The van der Waals surface area contributed by atoms with Gasteiger partial charge < -0.3 is 15.5 Å². The number of halogens is 1. The van der Waals surface area contributed by atoms with Crippen LogP contribution in [0.15, 0.2) is 22.8 Å². The van der Waals surface area contributed by atoms with Crippen LogP contribution in [-0.2, 0) is 4.79 Å². The van der Waals surface area contributed by atoms with Crippen LogP contribution >= 0.6 is 15.9 Å². The molecule has 0 spiro atoms. The SMILES string of the molecule is CC(C)C(N)C(=O)N1CCN(c2ccc(Br)cn2)CC1. The van der Waals surface area contributed by atoms with E-state index in [2.05, 4.69) is 25.8 Å². The van der Waals surface area contributed by atoms with Gasteiger partial charge in [0.1, 0.15) is 5.82 Å². The van der Waals surface area contributed by atoms with Crippen molar-refractivity contribution in [3.8, 4) is 0 Å². The van der Waals surface area contributed by atoms with Crippen LogP contribution in [0.5, 0.6) is 0 Å². The van der Waals surface area contributed by atoms with Crippen LogP contribution in [0.1, 0.15) is 13.8 Å². The second-order valence-corrected chi connectivity index (χ2v) is 6.33. The zero-order valence-corrected chi connectivity index (χ0v) is 13.5. The van der Waals surface area contributed by atoms with Crippen LogP contribution in [0.4, 0.5) is 5.82 Å². The molecule has 0 saturated carbocycles. The molecule has 1 fully saturated rings. The Bertz CT molecular complexity index is 455. The quantitative estimate of drug-likeness (QED) is 0.905. The number of rotatable bonds is 3. The molecule has 0 bridgehead atoms. The van der Waals surface area contributed by atoms with Crippen molar-refractivity contribution in [1.29, 1.82) is 0 Å². The van der Waals surface area contributed by atoms with Gasteiger partial charge in [0, 0.05) is 36.8 Å². The molecule has 2 rings (SSSR count). The summed E-state index contributed by atoms with van der Waals surface area (Å²) < 4.78 is 0.970. The van der Waals surface area contributed by atoms with Gasteiger partial charge in [-0.1, -0.05) is 13.8 Å². The third kappa shape index (κ3) is 3.49. The second-order valence-electron chi connectivity index (χ2n) is 5.42.